The molecule has 2 atom stereocenters. The van der Waals surface area contributed by atoms with E-state index in [1.807, 2.05) is 45.0 Å². The van der Waals surface area contributed by atoms with Gasteiger partial charge in [0.1, 0.15) is 6.04 Å². The van der Waals surface area contributed by atoms with Crippen LogP contribution >= 0.6 is 0 Å². The molecule has 1 aromatic carbocycles. The molecule has 0 radical (unpaired) electrons. The molecule has 0 aromatic heterocycles. The molecule has 3 amide bonds. The Kier molecular flexibility index (Phi) is 6.03. The zero-order chi connectivity index (χ0) is 15.1. The number of carbonyl (C=O) groups excluding carboxylic acids is 2. The van der Waals surface area contributed by atoms with E-state index in [0.717, 1.165) is 12.0 Å². The van der Waals surface area contributed by atoms with Crippen LogP contribution in [0, 0.1) is 12.8 Å². The molecule has 0 spiro atoms. The second-order valence-electron chi connectivity index (χ2n) is 5.08. The molecular formula is C15H23N3O2. The summed E-state index contributed by atoms with van der Waals surface area (Å²) < 4.78 is 0. The lowest BCUT2D eigenvalue weighted by Gasteiger charge is -2.22. The molecule has 1 aromatic rings. The number of urea groups is 1. The molecule has 0 unspecified atom stereocenters. The molecule has 0 fully saturated rings. The van der Waals surface area contributed by atoms with Gasteiger partial charge in [0, 0.05) is 6.54 Å². The van der Waals surface area contributed by atoms with E-state index in [-0.39, 0.29) is 11.8 Å². The van der Waals surface area contributed by atoms with Gasteiger partial charge in [-0.1, -0.05) is 50.1 Å². The quantitative estimate of drug-likeness (QED) is 0.739. The Morgan fingerprint density at radius 2 is 1.85 bits per heavy atom. The van der Waals surface area contributed by atoms with Gasteiger partial charge < -0.3 is 16.4 Å². The average molecular weight is 277 g/mol. The van der Waals surface area contributed by atoms with Gasteiger partial charge in [-0.2, -0.15) is 0 Å². The van der Waals surface area contributed by atoms with Gasteiger partial charge in [0.2, 0.25) is 5.91 Å². The maximum atomic E-state index is 12.1. The second-order valence-corrected chi connectivity index (χ2v) is 5.08. The van der Waals surface area contributed by atoms with Crippen LogP contribution < -0.4 is 16.4 Å². The van der Waals surface area contributed by atoms with Crippen LogP contribution in [0.5, 0.6) is 0 Å². The van der Waals surface area contributed by atoms with Crippen LogP contribution in [-0.4, -0.2) is 18.0 Å². The number of nitrogens with two attached hydrogens (primary N) is 1. The average Bonchev–Trinajstić information content (AvgIpc) is 2.42. The van der Waals surface area contributed by atoms with Gasteiger partial charge in [-0.25, -0.2) is 4.79 Å². The molecule has 110 valence electrons. The summed E-state index contributed by atoms with van der Waals surface area (Å²) in [6, 6.07) is 6.65. The normalized spacial score (nSPS) is 13.3. The smallest absolute Gasteiger partial charge is 0.312 e. The first-order valence-electron chi connectivity index (χ1n) is 6.83. The van der Waals surface area contributed by atoms with Crippen LogP contribution in [0.25, 0.3) is 0 Å². The molecule has 0 aliphatic heterocycles. The highest BCUT2D eigenvalue weighted by Crippen LogP contribution is 2.08. The predicted octanol–water partition coefficient (Wildman–Crippen LogP) is 1.69. The summed E-state index contributed by atoms with van der Waals surface area (Å²) in [5.74, 6) is -0.181. The van der Waals surface area contributed by atoms with Gasteiger partial charge in [-0.15, -0.1) is 0 Å². The highest BCUT2D eigenvalue weighted by molar-refractivity contribution is 5.86. The summed E-state index contributed by atoms with van der Waals surface area (Å²) >= 11 is 0. The Morgan fingerprint density at radius 1 is 1.25 bits per heavy atom. The fraction of sp³-hybridized carbons (Fsp3) is 0.467. The van der Waals surface area contributed by atoms with E-state index < -0.39 is 12.1 Å². The van der Waals surface area contributed by atoms with E-state index in [1.165, 1.54) is 5.56 Å². The van der Waals surface area contributed by atoms with E-state index in [9.17, 15) is 9.59 Å². The molecule has 0 heterocycles. The van der Waals surface area contributed by atoms with Crippen molar-refractivity contribution in [1.82, 2.24) is 10.6 Å². The zero-order valence-electron chi connectivity index (χ0n) is 12.3. The molecule has 5 nitrogen and oxygen atoms in total. The highest BCUT2D eigenvalue weighted by atomic mass is 16.2. The number of aryl methyl sites for hydroxylation is 1. The topological polar surface area (TPSA) is 84.2 Å². The summed E-state index contributed by atoms with van der Waals surface area (Å²) in [6.07, 6.45) is 0.781. The summed E-state index contributed by atoms with van der Waals surface area (Å²) in [6.45, 7) is 6.32. The monoisotopic (exact) mass is 277 g/mol. The Bertz CT molecular complexity index is 457. The molecule has 1 rings (SSSR count). The van der Waals surface area contributed by atoms with Gasteiger partial charge in [0.15, 0.2) is 0 Å². The van der Waals surface area contributed by atoms with Gasteiger partial charge in [0.05, 0.1) is 0 Å². The standard InChI is InChI=1S/C15H23N3O2/c1-4-11(3)13(18-15(16)20)14(19)17-9-12-7-5-10(2)6-8-12/h5-8,11,13H,4,9H2,1-3H3,(H,17,19)(H3,16,18,20)/t11-,13-/m0/s1. The molecule has 0 aliphatic carbocycles. The molecule has 20 heavy (non-hydrogen) atoms. The molecular weight excluding hydrogens is 254 g/mol. The van der Waals surface area contributed by atoms with Crippen LogP contribution in [0.1, 0.15) is 31.4 Å². The molecule has 4 N–H and O–H groups in total. The molecule has 0 saturated heterocycles. The SMILES string of the molecule is CC[C@H](C)[C@H](NC(N)=O)C(=O)NCc1ccc(C)cc1. The summed E-state index contributed by atoms with van der Waals surface area (Å²) in [5.41, 5.74) is 7.31. The molecule has 0 aliphatic rings. The lowest BCUT2D eigenvalue weighted by atomic mass is 9.98. The van der Waals surface area contributed by atoms with E-state index in [4.69, 9.17) is 5.73 Å². The summed E-state index contributed by atoms with van der Waals surface area (Å²) in [5, 5.41) is 5.33. The highest BCUT2D eigenvalue weighted by Gasteiger charge is 2.24. The van der Waals surface area contributed by atoms with E-state index in [1.54, 1.807) is 0 Å². The van der Waals surface area contributed by atoms with Crippen LogP contribution in [0.3, 0.4) is 0 Å². The minimum absolute atomic E-state index is 0.0283. The fourth-order valence-corrected chi connectivity index (χ4v) is 1.86. The largest absolute Gasteiger partial charge is 0.352 e. The van der Waals surface area contributed by atoms with Crippen molar-refractivity contribution in [2.24, 2.45) is 11.7 Å². The van der Waals surface area contributed by atoms with Crippen molar-refractivity contribution < 1.29 is 9.59 Å². The summed E-state index contributed by atoms with van der Waals surface area (Å²) in [7, 11) is 0. The maximum Gasteiger partial charge on any atom is 0.312 e. The summed E-state index contributed by atoms with van der Waals surface area (Å²) in [4.78, 5) is 23.1. The lowest BCUT2D eigenvalue weighted by molar-refractivity contribution is -0.124. The number of hydrogen-bond acceptors (Lipinski definition) is 2. The fourth-order valence-electron chi connectivity index (χ4n) is 1.86. The molecule has 0 saturated carbocycles. The minimum atomic E-state index is -0.680. The number of hydrogen-bond donors (Lipinski definition) is 3. The Balaban J connectivity index is 2.61. The first-order valence-corrected chi connectivity index (χ1v) is 6.83. The van der Waals surface area contributed by atoms with Crippen LogP contribution in [0.4, 0.5) is 4.79 Å². The van der Waals surface area contributed by atoms with Gasteiger partial charge >= 0.3 is 6.03 Å². The lowest BCUT2D eigenvalue weighted by Crippen LogP contribution is -2.51. The van der Waals surface area contributed by atoms with Crippen molar-refractivity contribution >= 4 is 11.9 Å². The van der Waals surface area contributed by atoms with Gasteiger partial charge in [-0.3, -0.25) is 4.79 Å². The zero-order valence-corrected chi connectivity index (χ0v) is 12.3. The third kappa shape index (κ3) is 4.91. The number of rotatable bonds is 6. The number of benzene rings is 1. The Labute approximate surface area is 119 Å². The maximum absolute atomic E-state index is 12.1. The first-order chi connectivity index (χ1) is 9.43. The van der Waals surface area contributed by atoms with Crippen LogP contribution in [0.2, 0.25) is 0 Å². The van der Waals surface area contributed by atoms with Crippen molar-refractivity contribution in [2.75, 3.05) is 0 Å². The van der Waals surface area contributed by atoms with Crippen molar-refractivity contribution in [1.29, 1.82) is 0 Å². The Hall–Kier alpha value is -2.04. The third-order valence-corrected chi connectivity index (χ3v) is 3.38. The van der Waals surface area contributed by atoms with Gasteiger partial charge in [0.25, 0.3) is 0 Å². The van der Waals surface area contributed by atoms with Crippen molar-refractivity contribution in [2.45, 2.75) is 39.8 Å². The molecule has 5 heteroatoms. The van der Waals surface area contributed by atoms with Crippen molar-refractivity contribution in [3.8, 4) is 0 Å². The van der Waals surface area contributed by atoms with E-state index in [0.29, 0.717) is 6.54 Å². The van der Waals surface area contributed by atoms with Crippen molar-refractivity contribution in [3.63, 3.8) is 0 Å². The van der Waals surface area contributed by atoms with Crippen molar-refractivity contribution in [3.05, 3.63) is 35.4 Å². The Morgan fingerprint density at radius 3 is 2.35 bits per heavy atom. The number of primary amides is 1. The van der Waals surface area contributed by atoms with E-state index >= 15 is 0 Å². The number of carbonyl (C=O) groups is 2. The third-order valence-electron chi connectivity index (χ3n) is 3.38. The number of amides is 3. The predicted molar refractivity (Wildman–Crippen MR) is 79.0 cm³/mol. The number of nitrogens with one attached hydrogen (secondary N) is 2. The molecule has 0 bridgehead atoms. The minimum Gasteiger partial charge on any atom is -0.352 e. The van der Waals surface area contributed by atoms with Crippen LogP contribution in [0.15, 0.2) is 24.3 Å². The first kappa shape index (κ1) is 16.0. The van der Waals surface area contributed by atoms with E-state index in [2.05, 4.69) is 10.6 Å². The van der Waals surface area contributed by atoms with Gasteiger partial charge in [-0.05, 0) is 18.4 Å². The second kappa shape index (κ2) is 7.53. The van der Waals surface area contributed by atoms with Crippen LogP contribution in [-0.2, 0) is 11.3 Å².